The van der Waals surface area contributed by atoms with Crippen LogP contribution in [0.5, 0.6) is 17.2 Å². The Hall–Kier alpha value is -2.49. The second-order valence-corrected chi connectivity index (χ2v) is 11.1. The molecular formula is C24H28N2O5S2. The third kappa shape index (κ3) is 6.99. The van der Waals surface area contributed by atoms with Gasteiger partial charge in [0.1, 0.15) is 17.2 Å². The lowest BCUT2D eigenvalue weighted by Crippen LogP contribution is -2.21. The van der Waals surface area contributed by atoms with Crippen LogP contribution in [0, 0.1) is 5.92 Å². The first-order valence-corrected chi connectivity index (χ1v) is 13.8. The largest absolute Gasteiger partial charge is 0.491 e. The monoisotopic (exact) mass is 488 g/mol. The van der Waals surface area contributed by atoms with Crippen molar-refractivity contribution in [2.75, 3.05) is 26.1 Å². The number of hydrogen-bond donors (Lipinski definition) is 0. The maximum absolute atomic E-state index is 11.7. The van der Waals surface area contributed by atoms with E-state index in [1.165, 1.54) is 18.4 Å². The first-order chi connectivity index (χ1) is 16.0. The first-order valence-electron chi connectivity index (χ1n) is 11.0. The molecule has 3 aromatic rings. The Balaban J connectivity index is 1.46. The van der Waals surface area contributed by atoms with Gasteiger partial charge in [0.25, 0.3) is 0 Å². The van der Waals surface area contributed by atoms with Crippen LogP contribution in [0.1, 0.15) is 30.0 Å². The molecule has 0 N–H and O–H groups in total. The molecule has 1 aromatic carbocycles. The van der Waals surface area contributed by atoms with Gasteiger partial charge in [-0.1, -0.05) is 0 Å². The maximum atomic E-state index is 11.7. The van der Waals surface area contributed by atoms with Crippen molar-refractivity contribution < 1.29 is 22.6 Å². The molecule has 1 saturated heterocycles. The number of sulfone groups is 1. The molecule has 1 fully saturated rings. The molecule has 0 radical (unpaired) electrons. The molecule has 0 unspecified atom stereocenters. The Morgan fingerprint density at radius 1 is 1.09 bits per heavy atom. The lowest BCUT2D eigenvalue weighted by molar-refractivity contribution is 0.0495. The molecule has 4 rings (SSSR count). The molecule has 0 atom stereocenters. The van der Waals surface area contributed by atoms with Gasteiger partial charge >= 0.3 is 0 Å². The zero-order valence-corrected chi connectivity index (χ0v) is 20.2. The summed E-state index contributed by atoms with van der Waals surface area (Å²) in [5.41, 5.74) is 0.901. The molecular weight excluding hydrogens is 460 g/mol. The van der Waals surface area contributed by atoms with Crippen molar-refractivity contribution in [2.45, 2.75) is 37.0 Å². The number of ether oxygens (including phenoxy) is 3. The number of aryl methyl sites for hydroxylation is 2. The van der Waals surface area contributed by atoms with Crippen LogP contribution in [-0.4, -0.2) is 44.5 Å². The molecule has 1 aliphatic rings. The van der Waals surface area contributed by atoms with E-state index in [2.05, 4.69) is 9.97 Å². The van der Waals surface area contributed by atoms with Crippen LogP contribution in [0.15, 0.2) is 53.0 Å². The third-order valence-corrected chi connectivity index (χ3v) is 7.46. The Morgan fingerprint density at radius 3 is 2.58 bits per heavy atom. The van der Waals surface area contributed by atoms with Gasteiger partial charge < -0.3 is 14.2 Å². The van der Waals surface area contributed by atoms with Gasteiger partial charge in [0.15, 0.2) is 9.84 Å². The van der Waals surface area contributed by atoms with Crippen molar-refractivity contribution in [3.8, 4) is 17.2 Å². The minimum absolute atomic E-state index is 0.254. The van der Waals surface area contributed by atoms with Crippen LogP contribution >= 0.6 is 11.3 Å². The van der Waals surface area contributed by atoms with E-state index in [0.717, 1.165) is 61.8 Å². The molecule has 0 spiro atoms. The Kier molecular flexibility index (Phi) is 7.95. The summed E-state index contributed by atoms with van der Waals surface area (Å²) in [6.45, 7) is 2.18. The number of aromatic nitrogens is 2. The highest BCUT2D eigenvalue weighted by molar-refractivity contribution is 7.90. The van der Waals surface area contributed by atoms with Crippen LogP contribution in [0.25, 0.3) is 0 Å². The average Bonchev–Trinajstić information content (AvgIpc) is 3.33. The fourth-order valence-corrected chi connectivity index (χ4v) is 4.91. The molecule has 0 saturated carbocycles. The summed E-state index contributed by atoms with van der Waals surface area (Å²) in [6, 6.07) is 8.22. The molecule has 176 valence electrons. The number of benzene rings is 1. The predicted octanol–water partition coefficient (Wildman–Crippen LogP) is 4.71. The minimum atomic E-state index is -3.25. The van der Waals surface area contributed by atoms with Gasteiger partial charge in [-0.05, 0) is 62.3 Å². The van der Waals surface area contributed by atoms with Crippen molar-refractivity contribution in [3.05, 3.63) is 58.8 Å². The van der Waals surface area contributed by atoms with Gasteiger partial charge in [-0.25, -0.2) is 13.4 Å². The number of pyridine rings is 1. The van der Waals surface area contributed by atoms with Crippen molar-refractivity contribution >= 4 is 21.2 Å². The van der Waals surface area contributed by atoms with E-state index in [1.807, 2.05) is 17.6 Å². The van der Waals surface area contributed by atoms with Gasteiger partial charge in [0, 0.05) is 37.1 Å². The molecule has 0 aliphatic carbocycles. The second-order valence-electron chi connectivity index (χ2n) is 8.11. The van der Waals surface area contributed by atoms with Crippen LogP contribution in [-0.2, 0) is 27.4 Å². The highest BCUT2D eigenvalue weighted by Crippen LogP contribution is 2.29. The summed E-state index contributed by atoms with van der Waals surface area (Å²) < 4.78 is 40.9. The minimum Gasteiger partial charge on any atom is -0.491 e. The molecule has 9 heteroatoms. The number of rotatable bonds is 10. The Labute approximate surface area is 198 Å². The fraction of sp³-hybridized carbons (Fsp3) is 0.417. The van der Waals surface area contributed by atoms with E-state index >= 15 is 0 Å². The molecule has 1 aliphatic heterocycles. The summed E-state index contributed by atoms with van der Waals surface area (Å²) in [5.74, 6) is 2.28. The predicted molar refractivity (Wildman–Crippen MR) is 127 cm³/mol. The van der Waals surface area contributed by atoms with Crippen LogP contribution in [0.3, 0.4) is 0 Å². The van der Waals surface area contributed by atoms with Gasteiger partial charge in [-0.2, -0.15) is 0 Å². The summed E-state index contributed by atoms with van der Waals surface area (Å²) in [5, 5.41) is 3.11. The van der Waals surface area contributed by atoms with Crippen molar-refractivity contribution in [1.82, 2.24) is 9.97 Å². The zero-order valence-electron chi connectivity index (χ0n) is 18.6. The normalized spacial score (nSPS) is 14.8. The second kappa shape index (κ2) is 11.1. The quantitative estimate of drug-likeness (QED) is 0.408. The summed E-state index contributed by atoms with van der Waals surface area (Å²) in [4.78, 5) is 9.23. The summed E-state index contributed by atoms with van der Waals surface area (Å²) in [6.07, 6.45) is 9.31. The van der Waals surface area contributed by atoms with E-state index in [9.17, 15) is 8.42 Å². The van der Waals surface area contributed by atoms with E-state index in [1.54, 1.807) is 29.7 Å². The van der Waals surface area contributed by atoms with Gasteiger partial charge in [-0.15, -0.1) is 11.3 Å². The van der Waals surface area contributed by atoms with Crippen LogP contribution in [0.2, 0.25) is 0 Å². The fourth-order valence-electron chi connectivity index (χ4n) is 3.62. The highest BCUT2D eigenvalue weighted by atomic mass is 32.2. The summed E-state index contributed by atoms with van der Waals surface area (Å²) in [7, 11) is -3.25. The van der Waals surface area contributed by atoms with E-state index in [-0.39, 0.29) is 4.90 Å². The molecule has 33 heavy (non-hydrogen) atoms. The van der Waals surface area contributed by atoms with Crippen molar-refractivity contribution in [1.29, 1.82) is 0 Å². The Morgan fingerprint density at radius 2 is 1.88 bits per heavy atom. The molecule has 2 aromatic heterocycles. The third-order valence-electron chi connectivity index (χ3n) is 5.50. The Bertz CT molecular complexity index is 1130. The van der Waals surface area contributed by atoms with E-state index in [0.29, 0.717) is 24.0 Å². The maximum Gasteiger partial charge on any atom is 0.175 e. The lowest BCUT2D eigenvalue weighted by atomic mass is 10.0. The molecule has 3 heterocycles. The average molecular weight is 489 g/mol. The number of thiazole rings is 1. The van der Waals surface area contributed by atoms with E-state index < -0.39 is 9.84 Å². The zero-order chi connectivity index (χ0) is 23.1. The standard InChI is InChI=1S/C24H28N2O5S2/c1-33(27,28)21-7-5-19(6-8-21)31-20-15-23(30-17-18-9-12-29-13-10-18)22(26-16-20)3-2-4-24-25-11-14-32-24/h5-8,11,14-16,18H,2-4,9-10,12-13,17H2,1H3. The lowest BCUT2D eigenvalue weighted by Gasteiger charge is -2.22. The molecule has 0 bridgehead atoms. The van der Waals surface area contributed by atoms with Crippen LogP contribution in [0.4, 0.5) is 0 Å². The number of nitrogens with zero attached hydrogens (tertiary/aromatic N) is 2. The van der Waals surface area contributed by atoms with Crippen LogP contribution < -0.4 is 9.47 Å². The first kappa shape index (κ1) is 23.7. The smallest absolute Gasteiger partial charge is 0.175 e. The molecule has 0 amide bonds. The highest BCUT2D eigenvalue weighted by Gasteiger charge is 2.17. The molecule has 7 nitrogen and oxygen atoms in total. The summed E-state index contributed by atoms with van der Waals surface area (Å²) >= 11 is 1.67. The SMILES string of the molecule is CS(=O)(=O)c1ccc(Oc2cnc(CCCc3nccs3)c(OCC3CCOCC3)c2)cc1. The number of hydrogen-bond acceptors (Lipinski definition) is 8. The van der Waals surface area contributed by atoms with Crippen molar-refractivity contribution in [3.63, 3.8) is 0 Å². The van der Waals surface area contributed by atoms with E-state index in [4.69, 9.17) is 14.2 Å². The topological polar surface area (TPSA) is 87.6 Å². The van der Waals surface area contributed by atoms with Gasteiger partial charge in [-0.3, -0.25) is 4.98 Å². The van der Waals surface area contributed by atoms with Gasteiger partial charge in [0.2, 0.25) is 0 Å². The van der Waals surface area contributed by atoms with Gasteiger partial charge in [0.05, 0.1) is 28.4 Å². The van der Waals surface area contributed by atoms with Crippen molar-refractivity contribution in [2.24, 2.45) is 5.92 Å².